The average molecular weight is 417 g/mol. The lowest BCUT2D eigenvalue weighted by Gasteiger charge is -2.39. The Morgan fingerprint density at radius 3 is 2.26 bits per heavy atom. The van der Waals surface area contributed by atoms with Crippen molar-refractivity contribution in [3.05, 3.63) is 107 Å². The molecule has 0 unspecified atom stereocenters. The summed E-state index contributed by atoms with van der Waals surface area (Å²) in [5, 5.41) is 3.13. The number of carbonyl (C=O) groups is 1. The first kappa shape index (κ1) is 21.3. The van der Waals surface area contributed by atoms with Gasteiger partial charge in [-0.15, -0.1) is 0 Å². The monoisotopic (exact) mass is 416 g/mol. The van der Waals surface area contributed by atoms with E-state index in [1.165, 1.54) is 23.3 Å². The largest absolute Gasteiger partial charge is 0.355 e. The highest BCUT2D eigenvalue weighted by atomic mass is 19.1. The van der Waals surface area contributed by atoms with Crippen LogP contribution in [0.5, 0.6) is 0 Å². The first-order valence-electron chi connectivity index (χ1n) is 11.0. The summed E-state index contributed by atoms with van der Waals surface area (Å²) < 4.78 is 13.3. The van der Waals surface area contributed by atoms with Gasteiger partial charge in [-0.05, 0) is 48.1 Å². The molecule has 4 rings (SSSR count). The fraction of sp³-hybridized carbons (Fsp3) is 0.296. The number of amides is 1. The molecule has 0 aromatic heterocycles. The summed E-state index contributed by atoms with van der Waals surface area (Å²) in [7, 11) is 0. The molecule has 1 heterocycles. The molecule has 1 N–H and O–H groups in total. The van der Waals surface area contributed by atoms with Gasteiger partial charge < -0.3 is 5.32 Å². The number of hydrogen-bond donors (Lipinski definition) is 1. The standard InChI is InChI=1S/C27H29FN2O/c28-25-14-11-22(12-15-25)19-30-20-24(13-16-26(30)23-9-5-2-6-10-23)27(31)29-18-17-21-7-3-1-4-8-21/h1-12,14-15,24,26H,13,16-20H2,(H,29,31)/t24-,26+/m0/s1. The molecule has 1 fully saturated rings. The zero-order valence-electron chi connectivity index (χ0n) is 17.7. The van der Waals surface area contributed by atoms with Gasteiger partial charge in [0.2, 0.25) is 5.91 Å². The fourth-order valence-corrected chi connectivity index (χ4v) is 4.43. The van der Waals surface area contributed by atoms with E-state index in [1.807, 2.05) is 36.4 Å². The molecule has 0 spiro atoms. The molecule has 0 aliphatic carbocycles. The number of carbonyl (C=O) groups excluding carboxylic acids is 1. The van der Waals surface area contributed by atoms with Gasteiger partial charge in [0, 0.05) is 25.7 Å². The third-order valence-corrected chi connectivity index (χ3v) is 6.09. The number of benzene rings is 3. The van der Waals surface area contributed by atoms with Crippen LogP contribution in [-0.4, -0.2) is 23.9 Å². The zero-order valence-corrected chi connectivity index (χ0v) is 17.7. The van der Waals surface area contributed by atoms with Crippen LogP contribution in [0.2, 0.25) is 0 Å². The molecule has 31 heavy (non-hydrogen) atoms. The minimum absolute atomic E-state index is 0.0313. The summed E-state index contributed by atoms with van der Waals surface area (Å²) in [5.74, 6) is -0.125. The first-order chi connectivity index (χ1) is 15.2. The summed E-state index contributed by atoms with van der Waals surface area (Å²) in [6.07, 6.45) is 2.64. The zero-order chi connectivity index (χ0) is 21.5. The highest BCUT2D eigenvalue weighted by molar-refractivity contribution is 5.79. The number of nitrogens with zero attached hydrogens (tertiary/aromatic N) is 1. The highest BCUT2D eigenvalue weighted by Crippen LogP contribution is 2.34. The van der Waals surface area contributed by atoms with Crippen molar-refractivity contribution in [2.45, 2.75) is 31.8 Å². The molecular formula is C27H29FN2O. The number of rotatable bonds is 7. The Hall–Kier alpha value is -2.98. The van der Waals surface area contributed by atoms with Crippen LogP contribution in [0.25, 0.3) is 0 Å². The van der Waals surface area contributed by atoms with E-state index in [9.17, 15) is 9.18 Å². The van der Waals surface area contributed by atoms with Gasteiger partial charge in [-0.3, -0.25) is 9.69 Å². The van der Waals surface area contributed by atoms with E-state index in [0.717, 1.165) is 24.8 Å². The molecule has 3 nitrogen and oxygen atoms in total. The second kappa shape index (κ2) is 10.4. The van der Waals surface area contributed by atoms with Crippen LogP contribution < -0.4 is 5.32 Å². The normalized spacial score (nSPS) is 19.1. The van der Waals surface area contributed by atoms with E-state index < -0.39 is 0 Å². The van der Waals surface area contributed by atoms with Crippen molar-refractivity contribution in [3.8, 4) is 0 Å². The molecular weight excluding hydrogens is 387 g/mol. The predicted molar refractivity (Wildman–Crippen MR) is 122 cm³/mol. The third-order valence-electron chi connectivity index (χ3n) is 6.09. The Morgan fingerprint density at radius 1 is 0.871 bits per heavy atom. The van der Waals surface area contributed by atoms with Gasteiger partial charge in [0.05, 0.1) is 5.92 Å². The summed E-state index contributed by atoms with van der Waals surface area (Å²) in [6.45, 7) is 2.06. The van der Waals surface area contributed by atoms with Gasteiger partial charge in [-0.1, -0.05) is 72.8 Å². The van der Waals surface area contributed by atoms with E-state index in [-0.39, 0.29) is 23.7 Å². The maximum absolute atomic E-state index is 13.3. The van der Waals surface area contributed by atoms with Crippen molar-refractivity contribution < 1.29 is 9.18 Å². The molecule has 1 aliphatic heterocycles. The Labute approximate surface area is 183 Å². The lowest BCUT2D eigenvalue weighted by Crippen LogP contribution is -2.44. The Balaban J connectivity index is 1.41. The van der Waals surface area contributed by atoms with Crippen molar-refractivity contribution >= 4 is 5.91 Å². The van der Waals surface area contributed by atoms with Crippen LogP contribution in [0.15, 0.2) is 84.9 Å². The Morgan fingerprint density at radius 2 is 1.55 bits per heavy atom. The molecule has 1 saturated heterocycles. The minimum atomic E-state index is -0.224. The quantitative estimate of drug-likeness (QED) is 0.579. The van der Waals surface area contributed by atoms with Crippen molar-refractivity contribution in [1.82, 2.24) is 10.2 Å². The van der Waals surface area contributed by atoms with Crippen molar-refractivity contribution in [2.24, 2.45) is 5.92 Å². The SMILES string of the molecule is O=C(NCCc1ccccc1)[C@H]1CC[C@H](c2ccccc2)N(Cc2ccc(F)cc2)C1. The summed E-state index contributed by atoms with van der Waals surface area (Å²) in [5.41, 5.74) is 3.56. The average Bonchev–Trinajstić information content (AvgIpc) is 2.82. The number of likely N-dealkylation sites (tertiary alicyclic amines) is 1. The van der Waals surface area contributed by atoms with E-state index in [4.69, 9.17) is 0 Å². The second-order valence-electron chi connectivity index (χ2n) is 8.28. The van der Waals surface area contributed by atoms with Gasteiger partial charge in [-0.2, -0.15) is 0 Å². The molecule has 3 aromatic rings. The summed E-state index contributed by atoms with van der Waals surface area (Å²) >= 11 is 0. The molecule has 0 saturated carbocycles. The molecule has 0 radical (unpaired) electrons. The molecule has 3 aromatic carbocycles. The number of nitrogens with one attached hydrogen (secondary N) is 1. The lowest BCUT2D eigenvalue weighted by atomic mass is 9.88. The highest BCUT2D eigenvalue weighted by Gasteiger charge is 2.32. The molecule has 2 atom stereocenters. The summed E-state index contributed by atoms with van der Waals surface area (Å²) in [6, 6.07) is 27.6. The van der Waals surface area contributed by atoms with Crippen LogP contribution in [-0.2, 0) is 17.8 Å². The first-order valence-corrected chi connectivity index (χ1v) is 11.0. The van der Waals surface area contributed by atoms with Crippen molar-refractivity contribution in [1.29, 1.82) is 0 Å². The maximum Gasteiger partial charge on any atom is 0.224 e. The van der Waals surface area contributed by atoms with Crippen LogP contribution in [0.3, 0.4) is 0 Å². The van der Waals surface area contributed by atoms with Crippen LogP contribution in [0.4, 0.5) is 4.39 Å². The Kier molecular flexibility index (Phi) is 7.11. The van der Waals surface area contributed by atoms with E-state index in [2.05, 4.69) is 46.6 Å². The second-order valence-corrected chi connectivity index (χ2v) is 8.28. The van der Waals surface area contributed by atoms with Gasteiger partial charge in [0.1, 0.15) is 5.82 Å². The Bertz CT molecular complexity index is 960. The van der Waals surface area contributed by atoms with Crippen molar-refractivity contribution in [3.63, 3.8) is 0 Å². The van der Waals surface area contributed by atoms with E-state index in [1.54, 1.807) is 0 Å². The van der Waals surface area contributed by atoms with Crippen LogP contribution >= 0.6 is 0 Å². The molecule has 1 amide bonds. The number of piperidine rings is 1. The summed E-state index contributed by atoms with van der Waals surface area (Å²) in [4.78, 5) is 15.3. The van der Waals surface area contributed by atoms with Crippen molar-refractivity contribution in [2.75, 3.05) is 13.1 Å². The van der Waals surface area contributed by atoms with Crippen LogP contribution in [0, 0.1) is 11.7 Å². The fourth-order valence-electron chi connectivity index (χ4n) is 4.43. The third kappa shape index (κ3) is 5.80. The topological polar surface area (TPSA) is 32.3 Å². The van der Waals surface area contributed by atoms with Gasteiger partial charge in [0.25, 0.3) is 0 Å². The molecule has 1 aliphatic rings. The molecule has 4 heteroatoms. The van der Waals surface area contributed by atoms with Gasteiger partial charge in [0.15, 0.2) is 0 Å². The van der Waals surface area contributed by atoms with E-state index in [0.29, 0.717) is 19.6 Å². The predicted octanol–water partition coefficient (Wildman–Crippen LogP) is 5.14. The maximum atomic E-state index is 13.3. The molecule has 160 valence electrons. The molecule has 0 bridgehead atoms. The van der Waals surface area contributed by atoms with Gasteiger partial charge in [-0.25, -0.2) is 4.39 Å². The van der Waals surface area contributed by atoms with Crippen LogP contribution in [0.1, 0.15) is 35.6 Å². The van der Waals surface area contributed by atoms with E-state index >= 15 is 0 Å². The van der Waals surface area contributed by atoms with Gasteiger partial charge >= 0.3 is 0 Å². The lowest BCUT2D eigenvalue weighted by molar-refractivity contribution is -0.127. The minimum Gasteiger partial charge on any atom is -0.355 e. The number of halogens is 1. The smallest absolute Gasteiger partial charge is 0.224 e. The number of hydrogen-bond acceptors (Lipinski definition) is 2.